The number of nitrogens with one attached hydrogen (secondary N) is 1. The molecule has 0 saturated carbocycles. The van der Waals surface area contributed by atoms with E-state index >= 15 is 0 Å². The van der Waals surface area contributed by atoms with Crippen molar-refractivity contribution in [2.24, 2.45) is 0 Å². The summed E-state index contributed by atoms with van der Waals surface area (Å²) in [5.74, 6) is 0.297. The number of carbonyl (C=O) groups is 1. The number of nitrogen functional groups attached to an aromatic ring is 1. The van der Waals surface area contributed by atoms with E-state index in [2.05, 4.69) is 21.2 Å². The molecule has 2 aromatic rings. The summed E-state index contributed by atoms with van der Waals surface area (Å²) in [6, 6.07) is 12.1. The Morgan fingerprint density at radius 2 is 2.10 bits per heavy atom. The summed E-state index contributed by atoms with van der Waals surface area (Å²) in [4.78, 5) is 11.8. The Labute approximate surface area is 130 Å². The zero-order valence-electron chi connectivity index (χ0n) is 10.4. The second kappa shape index (κ2) is 6.63. The Hall–Kier alpha value is -1.72. The summed E-state index contributed by atoms with van der Waals surface area (Å²) in [7, 11) is 0. The van der Waals surface area contributed by atoms with Gasteiger partial charge < -0.3 is 15.8 Å². The number of hydrogen-bond acceptors (Lipinski definition) is 3. The summed E-state index contributed by atoms with van der Waals surface area (Å²) >= 11 is 9.29. The number of rotatable bonds is 4. The van der Waals surface area contributed by atoms with Gasteiger partial charge in [-0.15, -0.1) is 0 Å². The van der Waals surface area contributed by atoms with E-state index in [0.29, 0.717) is 22.1 Å². The molecule has 0 atom stereocenters. The van der Waals surface area contributed by atoms with Crippen molar-refractivity contribution in [1.29, 1.82) is 0 Å². The van der Waals surface area contributed by atoms with Gasteiger partial charge in [0.15, 0.2) is 6.61 Å². The molecule has 3 N–H and O–H groups in total. The van der Waals surface area contributed by atoms with Crippen LogP contribution in [0.1, 0.15) is 0 Å². The summed E-state index contributed by atoms with van der Waals surface area (Å²) < 4.78 is 6.26. The van der Waals surface area contributed by atoms with Crippen LogP contribution in [0.2, 0.25) is 5.02 Å². The summed E-state index contributed by atoms with van der Waals surface area (Å²) in [5, 5.41) is 3.07. The number of ether oxygens (including phenoxy) is 1. The first-order valence-corrected chi connectivity index (χ1v) is 6.95. The van der Waals surface area contributed by atoms with Crippen molar-refractivity contribution in [2.75, 3.05) is 17.7 Å². The van der Waals surface area contributed by atoms with Crippen molar-refractivity contribution in [3.05, 3.63) is 52.0 Å². The van der Waals surface area contributed by atoms with Gasteiger partial charge >= 0.3 is 0 Å². The number of anilines is 2. The molecule has 104 valence electrons. The van der Waals surface area contributed by atoms with Gasteiger partial charge in [-0.2, -0.15) is 0 Å². The minimum atomic E-state index is -0.308. The summed E-state index contributed by atoms with van der Waals surface area (Å²) in [6.07, 6.45) is 0. The average Bonchev–Trinajstić information content (AvgIpc) is 2.41. The average molecular weight is 356 g/mol. The first-order valence-electron chi connectivity index (χ1n) is 5.78. The predicted octanol–water partition coefficient (Wildman–Crippen LogP) is 3.70. The molecular formula is C14H12BrClN2O2. The molecule has 6 heteroatoms. The summed E-state index contributed by atoms with van der Waals surface area (Å²) in [6.45, 7) is -0.110. The molecule has 2 aromatic carbocycles. The molecule has 0 unspecified atom stereocenters. The van der Waals surface area contributed by atoms with E-state index < -0.39 is 0 Å². The first kappa shape index (κ1) is 14.7. The van der Waals surface area contributed by atoms with Gasteiger partial charge in [-0.3, -0.25) is 4.79 Å². The van der Waals surface area contributed by atoms with Crippen LogP contribution in [0.4, 0.5) is 11.4 Å². The van der Waals surface area contributed by atoms with Crippen molar-refractivity contribution in [1.82, 2.24) is 0 Å². The van der Waals surface area contributed by atoms with E-state index in [1.54, 1.807) is 30.3 Å². The Morgan fingerprint density at radius 1 is 1.30 bits per heavy atom. The van der Waals surface area contributed by atoms with E-state index in [1.165, 1.54) is 0 Å². The molecule has 0 spiro atoms. The SMILES string of the molecule is Nc1ccc(Cl)c(NC(=O)COc2cccc(Br)c2)c1. The second-order valence-corrected chi connectivity index (χ2v) is 5.36. The zero-order chi connectivity index (χ0) is 14.5. The van der Waals surface area contributed by atoms with Crippen molar-refractivity contribution >= 4 is 44.8 Å². The molecule has 1 amide bonds. The van der Waals surface area contributed by atoms with Crippen LogP contribution in [0.3, 0.4) is 0 Å². The number of carbonyl (C=O) groups excluding carboxylic acids is 1. The smallest absolute Gasteiger partial charge is 0.262 e. The lowest BCUT2D eigenvalue weighted by molar-refractivity contribution is -0.118. The lowest BCUT2D eigenvalue weighted by atomic mass is 10.3. The molecule has 0 radical (unpaired) electrons. The molecule has 0 bridgehead atoms. The molecule has 0 aliphatic rings. The van der Waals surface area contributed by atoms with Crippen molar-refractivity contribution in [3.63, 3.8) is 0 Å². The highest BCUT2D eigenvalue weighted by Gasteiger charge is 2.07. The van der Waals surface area contributed by atoms with Crippen LogP contribution in [0.5, 0.6) is 5.75 Å². The van der Waals surface area contributed by atoms with E-state index in [1.807, 2.05) is 12.1 Å². The minimum absolute atomic E-state index is 0.110. The van der Waals surface area contributed by atoms with Crippen LogP contribution < -0.4 is 15.8 Å². The highest BCUT2D eigenvalue weighted by atomic mass is 79.9. The number of amides is 1. The third-order valence-corrected chi connectivity index (χ3v) is 3.25. The lowest BCUT2D eigenvalue weighted by Crippen LogP contribution is -2.20. The largest absolute Gasteiger partial charge is 0.484 e. The highest BCUT2D eigenvalue weighted by Crippen LogP contribution is 2.24. The van der Waals surface area contributed by atoms with Crippen LogP contribution >= 0.6 is 27.5 Å². The fraction of sp³-hybridized carbons (Fsp3) is 0.0714. The monoisotopic (exact) mass is 354 g/mol. The van der Waals surface area contributed by atoms with Gasteiger partial charge in [0.1, 0.15) is 5.75 Å². The molecule has 20 heavy (non-hydrogen) atoms. The van der Waals surface area contributed by atoms with Crippen molar-refractivity contribution in [2.45, 2.75) is 0 Å². The quantitative estimate of drug-likeness (QED) is 0.822. The van der Waals surface area contributed by atoms with Gasteiger partial charge in [-0.05, 0) is 36.4 Å². The molecule has 0 saturated heterocycles. The molecule has 0 fully saturated rings. The van der Waals surface area contributed by atoms with Crippen molar-refractivity contribution in [3.8, 4) is 5.75 Å². The van der Waals surface area contributed by atoms with Crippen molar-refractivity contribution < 1.29 is 9.53 Å². The highest BCUT2D eigenvalue weighted by molar-refractivity contribution is 9.10. The van der Waals surface area contributed by atoms with Crippen LogP contribution in [-0.2, 0) is 4.79 Å². The van der Waals surface area contributed by atoms with E-state index in [0.717, 1.165) is 4.47 Å². The first-order chi connectivity index (χ1) is 9.54. The van der Waals surface area contributed by atoms with Gasteiger partial charge in [0.25, 0.3) is 5.91 Å². The topological polar surface area (TPSA) is 64.3 Å². The predicted molar refractivity (Wildman–Crippen MR) is 84.1 cm³/mol. The third kappa shape index (κ3) is 4.15. The normalized spacial score (nSPS) is 10.1. The van der Waals surface area contributed by atoms with Gasteiger partial charge in [0, 0.05) is 10.2 Å². The van der Waals surface area contributed by atoms with Crippen LogP contribution in [0, 0.1) is 0 Å². The van der Waals surface area contributed by atoms with Gasteiger partial charge in [0.2, 0.25) is 0 Å². The number of hydrogen-bond donors (Lipinski definition) is 2. The molecule has 0 aliphatic heterocycles. The molecule has 0 aliphatic carbocycles. The standard InChI is InChI=1S/C14H12BrClN2O2/c15-9-2-1-3-11(6-9)20-8-14(19)18-13-7-10(17)4-5-12(13)16/h1-7H,8,17H2,(H,18,19). The molecule has 2 rings (SSSR count). The van der Waals surface area contributed by atoms with Gasteiger partial charge in [-0.1, -0.05) is 33.6 Å². The van der Waals surface area contributed by atoms with Crippen LogP contribution in [0.25, 0.3) is 0 Å². The Morgan fingerprint density at radius 3 is 2.85 bits per heavy atom. The van der Waals surface area contributed by atoms with Crippen LogP contribution in [-0.4, -0.2) is 12.5 Å². The summed E-state index contributed by atoms with van der Waals surface area (Å²) in [5.41, 5.74) is 6.63. The van der Waals surface area contributed by atoms with E-state index in [-0.39, 0.29) is 12.5 Å². The van der Waals surface area contributed by atoms with E-state index in [4.69, 9.17) is 22.1 Å². The van der Waals surface area contributed by atoms with Gasteiger partial charge in [-0.25, -0.2) is 0 Å². The molecule has 0 heterocycles. The number of halogens is 2. The second-order valence-electron chi connectivity index (χ2n) is 4.03. The Kier molecular flexibility index (Phi) is 4.87. The number of nitrogens with two attached hydrogens (primary N) is 1. The lowest BCUT2D eigenvalue weighted by Gasteiger charge is -2.09. The molecular weight excluding hydrogens is 344 g/mol. The number of benzene rings is 2. The minimum Gasteiger partial charge on any atom is -0.484 e. The fourth-order valence-electron chi connectivity index (χ4n) is 1.53. The third-order valence-electron chi connectivity index (χ3n) is 2.43. The molecule has 4 nitrogen and oxygen atoms in total. The maximum atomic E-state index is 11.8. The Bertz CT molecular complexity index is 634. The van der Waals surface area contributed by atoms with Gasteiger partial charge in [0.05, 0.1) is 10.7 Å². The fourth-order valence-corrected chi connectivity index (χ4v) is 2.07. The molecule has 0 aromatic heterocycles. The Balaban J connectivity index is 1.94. The van der Waals surface area contributed by atoms with E-state index in [9.17, 15) is 4.79 Å². The zero-order valence-corrected chi connectivity index (χ0v) is 12.7. The van der Waals surface area contributed by atoms with Crippen LogP contribution in [0.15, 0.2) is 46.9 Å². The maximum absolute atomic E-state index is 11.8. The maximum Gasteiger partial charge on any atom is 0.262 e.